The molecule has 11 heteroatoms. The van der Waals surface area contributed by atoms with Crippen LogP contribution in [0, 0.1) is 11.7 Å². The van der Waals surface area contributed by atoms with Crippen molar-refractivity contribution in [1.82, 2.24) is 4.90 Å². The molecule has 1 aliphatic heterocycles. The molecule has 4 N–H and O–H groups in total. The zero-order chi connectivity index (χ0) is 25.5. The molecule has 3 atom stereocenters. The van der Waals surface area contributed by atoms with Gasteiger partial charge in [0.25, 0.3) is 0 Å². The van der Waals surface area contributed by atoms with Crippen LogP contribution in [0.3, 0.4) is 0 Å². The quantitative estimate of drug-likeness (QED) is 0.261. The second-order valence-electron chi connectivity index (χ2n) is 8.75. The summed E-state index contributed by atoms with van der Waals surface area (Å²) in [6, 6.07) is 4.76. The maximum absolute atomic E-state index is 14.3. The third-order valence-electron chi connectivity index (χ3n) is 6.03. The van der Waals surface area contributed by atoms with Gasteiger partial charge in [0.1, 0.15) is 5.82 Å². The van der Waals surface area contributed by atoms with E-state index in [9.17, 15) is 28.7 Å². The summed E-state index contributed by atoms with van der Waals surface area (Å²) in [5.74, 6) is -2.85. The standard InChI is InChI=1S/C24H29FN2O6S2/c25-17-4-2-1-3-15(17)12-27-10-9-20(35-34-13-18(26)19(28)7-8-21(29)30)16(11-22(31)32)23(27)24(33)14-5-6-14/h1-4,11,14,18,20,23H,5-10,12-13,26H2,(H,29,30)(H,31,32)/b16-11+. The number of hydrogen-bond acceptors (Lipinski definition) is 8. The van der Waals surface area contributed by atoms with Crippen LogP contribution in [0.15, 0.2) is 35.9 Å². The molecule has 3 rings (SSSR count). The molecule has 190 valence electrons. The van der Waals surface area contributed by atoms with E-state index >= 15 is 0 Å². The van der Waals surface area contributed by atoms with E-state index in [1.165, 1.54) is 27.7 Å². The number of ketones is 2. The van der Waals surface area contributed by atoms with Gasteiger partial charge in [-0.25, -0.2) is 9.18 Å². The van der Waals surface area contributed by atoms with Gasteiger partial charge < -0.3 is 15.9 Å². The molecule has 1 heterocycles. The number of likely N-dealkylation sites (tertiary alicyclic amines) is 1. The Morgan fingerprint density at radius 2 is 1.86 bits per heavy atom. The fourth-order valence-corrected chi connectivity index (χ4v) is 6.91. The molecule has 2 fully saturated rings. The number of halogens is 1. The van der Waals surface area contributed by atoms with Gasteiger partial charge in [-0.1, -0.05) is 39.8 Å². The predicted molar refractivity (Wildman–Crippen MR) is 132 cm³/mol. The van der Waals surface area contributed by atoms with Crippen molar-refractivity contribution in [3.63, 3.8) is 0 Å². The molecular formula is C24H29FN2O6S2. The van der Waals surface area contributed by atoms with Crippen LogP contribution in [0.5, 0.6) is 0 Å². The van der Waals surface area contributed by atoms with E-state index in [0.29, 0.717) is 24.1 Å². The number of aliphatic carboxylic acids is 2. The van der Waals surface area contributed by atoms with E-state index in [0.717, 1.165) is 18.9 Å². The Balaban J connectivity index is 1.73. The van der Waals surface area contributed by atoms with Crippen LogP contribution in [-0.4, -0.2) is 68.2 Å². The molecule has 0 radical (unpaired) electrons. The van der Waals surface area contributed by atoms with E-state index in [2.05, 4.69) is 0 Å². The molecule has 0 bridgehead atoms. The van der Waals surface area contributed by atoms with E-state index in [1.807, 2.05) is 4.90 Å². The van der Waals surface area contributed by atoms with Gasteiger partial charge in [-0.3, -0.25) is 19.3 Å². The lowest BCUT2D eigenvalue weighted by Gasteiger charge is -2.40. The van der Waals surface area contributed by atoms with Crippen molar-refractivity contribution in [3.8, 4) is 0 Å². The van der Waals surface area contributed by atoms with Crippen molar-refractivity contribution in [3.05, 3.63) is 47.3 Å². The average Bonchev–Trinajstić information content (AvgIpc) is 3.65. The van der Waals surface area contributed by atoms with E-state index in [4.69, 9.17) is 10.8 Å². The lowest BCUT2D eigenvalue weighted by atomic mass is 9.89. The number of Topliss-reactive ketones (excluding diaryl/α,β-unsaturated/α-hetero) is 2. The first-order valence-corrected chi connectivity index (χ1v) is 13.8. The number of rotatable bonds is 13. The van der Waals surface area contributed by atoms with Gasteiger partial charge in [-0.05, 0) is 30.9 Å². The third kappa shape index (κ3) is 7.89. The molecule has 1 saturated carbocycles. The Bertz CT molecular complexity index is 1000. The first-order valence-electron chi connectivity index (χ1n) is 11.4. The summed E-state index contributed by atoms with van der Waals surface area (Å²) >= 11 is 0. The highest BCUT2D eigenvalue weighted by atomic mass is 33.1. The molecule has 0 spiro atoms. The van der Waals surface area contributed by atoms with Crippen molar-refractivity contribution in [2.24, 2.45) is 11.7 Å². The SMILES string of the molecule is NC(CSSC1CCN(Cc2ccccc2F)C(C(=O)C2CC2)/C1=C/C(=O)O)C(=O)CCC(=O)O. The second-order valence-corrected chi connectivity index (χ2v) is 11.4. The maximum Gasteiger partial charge on any atom is 0.328 e. The first-order chi connectivity index (χ1) is 16.7. The number of carbonyl (C=O) groups excluding carboxylic acids is 2. The van der Waals surface area contributed by atoms with Crippen molar-refractivity contribution >= 4 is 45.1 Å². The minimum absolute atomic E-state index is 0.0373. The number of carbonyl (C=O) groups is 4. The summed E-state index contributed by atoms with van der Waals surface area (Å²) in [4.78, 5) is 49.5. The summed E-state index contributed by atoms with van der Waals surface area (Å²) in [5, 5.41) is 18.0. The molecule has 1 saturated heterocycles. The monoisotopic (exact) mass is 524 g/mol. The highest BCUT2D eigenvalue weighted by molar-refractivity contribution is 8.77. The molecule has 8 nitrogen and oxygen atoms in total. The summed E-state index contributed by atoms with van der Waals surface area (Å²) in [6.07, 6.45) is 2.75. The fraction of sp³-hybridized carbons (Fsp3) is 0.500. The number of nitrogens with zero attached hydrogens (tertiary/aromatic N) is 1. The van der Waals surface area contributed by atoms with Crippen LogP contribution in [0.1, 0.15) is 37.7 Å². The van der Waals surface area contributed by atoms with Crippen LogP contribution in [0.25, 0.3) is 0 Å². The number of carboxylic acid groups (broad SMARTS) is 2. The van der Waals surface area contributed by atoms with Crippen molar-refractivity contribution in [2.45, 2.75) is 56.0 Å². The zero-order valence-electron chi connectivity index (χ0n) is 19.1. The molecule has 1 aromatic carbocycles. The van der Waals surface area contributed by atoms with Gasteiger partial charge in [-0.2, -0.15) is 0 Å². The average molecular weight is 525 g/mol. The van der Waals surface area contributed by atoms with Crippen LogP contribution in [0.4, 0.5) is 4.39 Å². The Kier molecular flexibility index (Phi) is 9.90. The summed E-state index contributed by atoms with van der Waals surface area (Å²) < 4.78 is 14.3. The minimum Gasteiger partial charge on any atom is -0.481 e. The van der Waals surface area contributed by atoms with Gasteiger partial charge in [0.15, 0.2) is 11.6 Å². The fourth-order valence-electron chi connectivity index (χ4n) is 4.04. The van der Waals surface area contributed by atoms with Gasteiger partial charge in [0, 0.05) is 48.1 Å². The first kappa shape index (κ1) is 27.4. The highest BCUT2D eigenvalue weighted by Gasteiger charge is 2.44. The largest absolute Gasteiger partial charge is 0.481 e. The van der Waals surface area contributed by atoms with Gasteiger partial charge >= 0.3 is 11.9 Å². The molecule has 1 aromatic rings. The van der Waals surface area contributed by atoms with Crippen LogP contribution in [0.2, 0.25) is 0 Å². The van der Waals surface area contributed by atoms with Gasteiger partial charge in [0.2, 0.25) is 0 Å². The molecule has 35 heavy (non-hydrogen) atoms. The maximum atomic E-state index is 14.3. The molecule has 3 unspecified atom stereocenters. The smallest absolute Gasteiger partial charge is 0.328 e. The van der Waals surface area contributed by atoms with Crippen molar-refractivity contribution < 1.29 is 33.8 Å². The third-order valence-corrected chi connectivity index (χ3v) is 8.92. The summed E-state index contributed by atoms with van der Waals surface area (Å²) in [6.45, 7) is 0.677. The van der Waals surface area contributed by atoms with Gasteiger partial charge in [0.05, 0.1) is 18.5 Å². The Morgan fingerprint density at radius 3 is 2.49 bits per heavy atom. The molecule has 0 amide bonds. The normalized spacial score (nSPS) is 22.6. The van der Waals surface area contributed by atoms with Crippen molar-refractivity contribution in [2.75, 3.05) is 12.3 Å². The topological polar surface area (TPSA) is 138 Å². The summed E-state index contributed by atoms with van der Waals surface area (Å²) in [7, 11) is 2.67. The van der Waals surface area contributed by atoms with E-state index < -0.39 is 24.0 Å². The molecule has 1 aliphatic carbocycles. The lowest BCUT2D eigenvalue weighted by Crippen LogP contribution is -2.50. The van der Waals surface area contributed by atoms with E-state index in [1.54, 1.807) is 18.2 Å². The Labute approximate surface area is 210 Å². The summed E-state index contributed by atoms with van der Waals surface area (Å²) in [5.41, 5.74) is 6.82. The predicted octanol–water partition coefficient (Wildman–Crippen LogP) is 2.90. The number of piperidine rings is 1. The van der Waals surface area contributed by atoms with Crippen LogP contribution < -0.4 is 5.73 Å². The van der Waals surface area contributed by atoms with Crippen LogP contribution in [-0.2, 0) is 25.7 Å². The number of nitrogens with two attached hydrogens (primary N) is 1. The highest BCUT2D eigenvalue weighted by Crippen LogP contribution is 2.42. The Morgan fingerprint density at radius 1 is 1.14 bits per heavy atom. The minimum atomic E-state index is -1.16. The number of hydrogen-bond donors (Lipinski definition) is 3. The van der Waals surface area contributed by atoms with Crippen molar-refractivity contribution in [1.29, 1.82) is 0 Å². The Hall–Kier alpha value is -2.21. The number of benzene rings is 1. The van der Waals surface area contributed by atoms with Crippen LogP contribution >= 0.6 is 21.6 Å². The molecule has 0 aromatic heterocycles. The lowest BCUT2D eigenvalue weighted by molar-refractivity contribution is -0.138. The van der Waals surface area contributed by atoms with E-state index in [-0.39, 0.29) is 53.7 Å². The molecule has 2 aliphatic rings. The number of carboxylic acids is 2. The molecular weight excluding hydrogens is 495 g/mol. The zero-order valence-corrected chi connectivity index (χ0v) is 20.7. The second kappa shape index (κ2) is 12.7. The van der Waals surface area contributed by atoms with Gasteiger partial charge in [-0.15, -0.1) is 0 Å².